The summed E-state index contributed by atoms with van der Waals surface area (Å²) in [6, 6.07) is 4.70. The first-order valence-corrected chi connectivity index (χ1v) is 6.86. The Morgan fingerprint density at radius 2 is 2.05 bits per heavy atom. The van der Waals surface area contributed by atoms with Gasteiger partial charge in [-0.25, -0.2) is 12.8 Å². The highest BCUT2D eigenvalue weighted by Gasteiger charge is 2.19. The summed E-state index contributed by atoms with van der Waals surface area (Å²) >= 11 is 0. The molecule has 0 unspecified atom stereocenters. The minimum Gasteiger partial charge on any atom is -0.398 e. The van der Waals surface area contributed by atoms with Crippen LogP contribution in [0.5, 0.6) is 0 Å². The molecule has 19 heavy (non-hydrogen) atoms. The fraction of sp³-hybridized carbons (Fsp3) is 0.182. The minimum atomic E-state index is -3.87. The molecule has 1 aromatic heterocycles. The van der Waals surface area contributed by atoms with Crippen molar-refractivity contribution in [2.24, 2.45) is 7.05 Å². The van der Waals surface area contributed by atoms with Crippen molar-refractivity contribution >= 4 is 21.5 Å². The third kappa shape index (κ3) is 2.68. The van der Waals surface area contributed by atoms with E-state index in [1.54, 1.807) is 20.0 Å². The Hall–Kier alpha value is -2.09. The molecule has 0 saturated heterocycles. The van der Waals surface area contributed by atoms with Gasteiger partial charge >= 0.3 is 0 Å². The second-order valence-electron chi connectivity index (χ2n) is 4.08. The highest BCUT2D eigenvalue weighted by molar-refractivity contribution is 7.92. The quantitative estimate of drug-likeness (QED) is 0.830. The second kappa shape index (κ2) is 4.54. The van der Waals surface area contributed by atoms with Crippen LogP contribution in [0.15, 0.2) is 29.2 Å². The van der Waals surface area contributed by atoms with Gasteiger partial charge < -0.3 is 5.73 Å². The predicted octanol–water partition coefficient (Wildman–Crippen LogP) is 1.25. The lowest BCUT2D eigenvalue weighted by Gasteiger charge is -2.09. The van der Waals surface area contributed by atoms with Gasteiger partial charge in [-0.05, 0) is 25.1 Å². The maximum Gasteiger partial charge on any atom is 0.265 e. The summed E-state index contributed by atoms with van der Waals surface area (Å²) in [6.45, 7) is 1.74. The zero-order valence-electron chi connectivity index (χ0n) is 10.4. The Bertz CT molecular complexity index is 724. The van der Waals surface area contributed by atoms with Gasteiger partial charge in [0.05, 0.1) is 11.4 Å². The number of nitrogen functional groups attached to an aromatic ring is 1. The van der Waals surface area contributed by atoms with Gasteiger partial charge in [-0.2, -0.15) is 5.10 Å². The molecular weight excluding hydrogens is 271 g/mol. The van der Waals surface area contributed by atoms with Crippen LogP contribution in [-0.4, -0.2) is 18.2 Å². The molecule has 0 radical (unpaired) electrons. The second-order valence-corrected chi connectivity index (χ2v) is 5.73. The van der Waals surface area contributed by atoms with Crippen molar-refractivity contribution in [1.82, 2.24) is 9.78 Å². The minimum absolute atomic E-state index is 0.147. The first-order chi connectivity index (χ1) is 8.79. The van der Waals surface area contributed by atoms with E-state index in [0.717, 1.165) is 18.2 Å². The van der Waals surface area contributed by atoms with Crippen molar-refractivity contribution < 1.29 is 12.8 Å². The van der Waals surface area contributed by atoms with Gasteiger partial charge in [0, 0.05) is 13.1 Å². The number of aromatic nitrogens is 2. The van der Waals surface area contributed by atoms with Crippen molar-refractivity contribution in [2.75, 3.05) is 10.5 Å². The fourth-order valence-electron chi connectivity index (χ4n) is 1.66. The lowest BCUT2D eigenvalue weighted by atomic mass is 10.3. The molecule has 0 amide bonds. The van der Waals surface area contributed by atoms with E-state index in [2.05, 4.69) is 9.82 Å². The Labute approximate surface area is 110 Å². The molecule has 0 spiro atoms. The molecule has 1 aromatic carbocycles. The lowest BCUT2D eigenvalue weighted by Crippen LogP contribution is -2.17. The summed E-state index contributed by atoms with van der Waals surface area (Å²) in [5, 5.41) is 4.02. The van der Waals surface area contributed by atoms with E-state index in [0.29, 0.717) is 11.5 Å². The zero-order valence-corrected chi connectivity index (χ0v) is 11.2. The average molecular weight is 284 g/mol. The first-order valence-electron chi connectivity index (χ1n) is 5.38. The van der Waals surface area contributed by atoms with Crippen LogP contribution < -0.4 is 10.5 Å². The fourth-order valence-corrected chi connectivity index (χ4v) is 2.86. The third-order valence-electron chi connectivity index (χ3n) is 2.50. The van der Waals surface area contributed by atoms with E-state index in [1.165, 1.54) is 4.68 Å². The van der Waals surface area contributed by atoms with E-state index in [4.69, 9.17) is 5.73 Å². The predicted molar refractivity (Wildman–Crippen MR) is 69.6 cm³/mol. The molecule has 0 fully saturated rings. The van der Waals surface area contributed by atoms with Gasteiger partial charge in [-0.1, -0.05) is 0 Å². The number of halogens is 1. The van der Waals surface area contributed by atoms with Gasteiger partial charge in [0.15, 0.2) is 0 Å². The van der Waals surface area contributed by atoms with Crippen molar-refractivity contribution in [3.8, 4) is 0 Å². The average Bonchev–Trinajstić information content (AvgIpc) is 2.55. The van der Waals surface area contributed by atoms with Crippen molar-refractivity contribution in [1.29, 1.82) is 0 Å². The van der Waals surface area contributed by atoms with E-state index in [1.807, 2.05) is 0 Å². The number of anilines is 2. The van der Waals surface area contributed by atoms with Crippen LogP contribution in [0.4, 0.5) is 15.9 Å². The van der Waals surface area contributed by atoms with Crippen LogP contribution in [0.3, 0.4) is 0 Å². The summed E-state index contributed by atoms with van der Waals surface area (Å²) in [4.78, 5) is -0.173. The number of benzene rings is 1. The van der Waals surface area contributed by atoms with E-state index in [9.17, 15) is 12.8 Å². The molecule has 2 aromatic rings. The van der Waals surface area contributed by atoms with Crippen LogP contribution in [0.2, 0.25) is 0 Å². The van der Waals surface area contributed by atoms with Gasteiger partial charge in [0.1, 0.15) is 16.5 Å². The Balaban J connectivity index is 2.40. The van der Waals surface area contributed by atoms with Crippen LogP contribution in [-0.2, 0) is 17.1 Å². The molecule has 6 nitrogen and oxygen atoms in total. The van der Waals surface area contributed by atoms with Crippen molar-refractivity contribution in [3.05, 3.63) is 35.8 Å². The van der Waals surface area contributed by atoms with Gasteiger partial charge in [0.2, 0.25) is 0 Å². The molecule has 0 aliphatic carbocycles. The molecule has 0 atom stereocenters. The maximum absolute atomic E-state index is 12.9. The number of nitrogens with one attached hydrogen (secondary N) is 1. The van der Waals surface area contributed by atoms with Crippen LogP contribution in [0.1, 0.15) is 5.69 Å². The Morgan fingerprint density at radius 1 is 1.37 bits per heavy atom. The van der Waals surface area contributed by atoms with E-state index in [-0.39, 0.29) is 10.6 Å². The summed E-state index contributed by atoms with van der Waals surface area (Å²) in [5.74, 6) is -0.283. The monoisotopic (exact) mass is 284 g/mol. The number of sulfonamides is 1. The summed E-state index contributed by atoms with van der Waals surface area (Å²) < 4.78 is 41.0. The highest BCUT2D eigenvalue weighted by atomic mass is 32.2. The smallest absolute Gasteiger partial charge is 0.265 e. The summed E-state index contributed by atoms with van der Waals surface area (Å²) in [6.07, 6.45) is 0. The molecule has 2 rings (SSSR count). The van der Waals surface area contributed by atoms with Crippen molar-refractivity contribution in [3.63, 3.8) is 0 Å². The Kier molecular flexibility index (Phi) is 3.19. The molecular formula is C11H13FN4O2S. The van der Waals surface area contributed by atoms with Gasteiger partial charge in [-0.15, -0.1) is 0 Å². The van der Waals surface area contributed by atoms with E-state index >= 15 is 0 Å². The molecule has 0 aliphatic heterocycles. The van der Waals surface area contributed by atoms with Crippen molar-refractivity contribution in [2.45, 2.75) is 11.8 Å². The number of hydrogen-bond acceptors (Lipinski definition) is 4. The maximum atomic E-state index is 12.9. The van der Waals surface area contributed by atoms with Gasteiger partial charge in [-0.3, -0.25) is 9.40 Å². The SMILES string of the molecule is Cc1cc(NS(=O)(=O)c2ccc(F)cc2N)n(C)n1. The van der Waals surface area contributed by atoms with E-state index < -0.39 is 15.8 Å². The highest BCUT2D eigenvalue weighted by Crippen LogP contribution is 2.22. The molecule has 0 aliphatic rings. The number of aryl methyl sites for hydroxylation is 2. The normalized spacial score (nSPS) is 11.5. The number of nitrogens with zero attached hydrogens (tertiary/aromatic N) is 2. The number of nitrogens with two attached hydrogens (primary N) is 1. The largest absolute Gasteiger partial charge is 0.398 e. The molecule has 3 N–H and O–H groups in total. The van der Waals surface area contributed by atoms with Crippen LogP contribution in [0.25, 0.3) is 0 Å². The molecule has 0 saturated carbocycles. The Morgan fingerprint density at radius 3 is 2.58 bits per heavy atom. The van der Waals surface area contributed by atoms with Crippen LogP contribution >= 0.6 is 0 Å². The summed E-state index contributed by atoms with van der Waals surface area (Å²) in [7, 11) is -2.26. The first kappa shape index (κ1) is 13.3. The zero-order chi connectivity index (χ0) is 14.2. The van der Waals surface area contributed by atoms with Gasteiger partial charge in [0.25, 0.3) is 10.0 Å². The van der Waals surface area contributed by atoms with Crippen LogP contribution in [0, 0.1) is 12.7 Å². The molecule has 1 heterocycles. The molecule has 8 heteroatoms. The lowest BCUT2D eigenvalue weighted by molar-refractivity contribution is 0.599. The topological polar surface area (TPSA) is 90.0 Å². The molecule has 102 valence electrons. The molecule has 0 bridgehead atoms. The summed E-state index contributed by atoms with van der Waals surface area (Å²) in [5.41, 5.74) is 6.05. The number of hydrogen-bond donors (Lipinski definition) is 2. The number of rotatable bonds is 3. The standard InChI is InChI=1S/C11H13FN4O2S/c1-7-5-11(16(2)14-7)15-19(17,18)10-4-3-8(12)6-9(10)13/h3-6,15H,13H2,1-2H3. The third-order valence-corrected chi connectivity index (χ3v) is 3.93.